The Morgan fingerprint density at radius 1 is 0.909 bits per heavy atom. The minimum Gasteiger partial charge on any atom is -0.492 e. The van der Waals surface area contributed by atoms with Crippen molar-refractivity contribution in [3.63, 3.8) is 0 Å². The molecule has 0 N–H and O–H groups in total. The topological polar surface area (TPSA) is 56.8 Å². The highest BCUT2D eigenvalue weighted by molar-refractivity contribution is 9.10. The summed E-state index contributed by atoms with van der Waals surface area (Å²) in [7, 11) is 0. The molecule has 3 nitrogen and oxygen atoms in total. The number of halogens is 1. The van der Waals surface area contributed by atoms with E-state index in [1.165, 1.54) is 32.1 Å². The van der Waals surface area contributed by atoms with Crippen molar-refractivity contribution in [3.05, 3.63) is 51.5 Å². The minimum atomic E-state index is 0.0578. The lowest BCUT2D eigenvalue weighted by Crippen LogP contribution is -2.44. The monoisotopic (exact) mass is 504 g/mol. The second kappa shape index (κ2) is 9.90. The zero-order valence-electron chi connectivity index (χ0n) is 19.8. The molecule has 3 fully saturated rings. The number of fused-ring (bicyclic) bond motifs is 3. The van der Waals surface area contributed by atoms with E-state index in [2.05, 4.69) is 54.0 Å². The molecule has 0 amide bonds. The molecule has 3 saturated carbocycles. The highest BCUT2D eigenvalue weighted by Gasteiger charge is 2.49. The Morgan fingerprint density at radius 2 is 1.61 bits per heavy atom. The molecule has 33 heavy (non-hydrogen) atoms. The maximum Gasteiger partial charge on any atom is 0.133 e. The van der Waals surface area contributed by atoms with Gasteiger partial charge in [0.2, 0.25) is 0 Å². The molecule has 4 heteroatoms. The van der Waals surface area contributed by atoms with E-state index in [1.54, 1.807) is 0 Å². The lowest BCUT2D eigenvalue weighted by atomic mass is 9.50. The summed E-state index contributed by atoms with van der Waals surface area (Å²) in [5.74, 6) is 0.807. The second-order valence-electron chi connectivity index (χ2n) is 10.0. The molecule has 5 rings (SSSR count). The first kappa shape index (κ1) is 23.8. The zero-order valence-corrected chi connectivity index (χ0v) is 21.4. The Hall–Kier alpha value is -2.30. The van der Waals surface area contributed by atoms with Gasteiger partial charge in [-0.2, -0.15) is 10.5 Å². The standard InChI is InChI=1S/C29H33BrN2O/c1-3-5-17-33-27-9-6-21(18-26(27)30)22-7-8-25(24(20-32)23(22)19-31)29-14-11-28(10-4-2,12-15-29)13-16-29/h6-9,18H,3-5,10-17H2,1-2H3. The molecule has 2 aromatic carbocycles. The molecule has 3 aliphatic rings. The smallest absolute Gasteiger partial charge is 0.133 e. The number of ether oxygens (including phenoxy) is 1. The summed E-state index contributed by atoms with van der Waals surface area (Å²) in [6.45, 7) is 5.12. The average Bonchev–Trinajstić information content (AvgIpc) is 2.85. The normalized spacial score (nSPS) is 23.7. The van der Waals surface area contributed by atoms with Crippen LogP contribution in [-0.4, -0.2) is 6.61 Å². The molecule has 2 aromatic rings. The van der Waals surface area contributed by atoms with Gasteiger partial charge in [-0.3, -0.25) is 0 Å². The minimum absolute atomic E-state index is 0.0578. The predicted octanol–water partition coefficient (Wildman–Crippen LogP) is 8.43. The molecule has 172 valence electrons. The van der Waals surface area contributed by atoms with Crippen LogP contribution in [0.1, 0.15) is 94.7 Å². The van der Waals surface area contributed by atoms with Crippen LogP contribution in [-0.2, 0) is 5.41 Å². The summed E-state index contributed by atoms with van der Waals surface area (Å²) in [6, 6.07) is 15.0. The number of benzene rings is 2. The van der Waals surface area contributed by atoms with Crippen LogP contribution in [0.25, 0.3) is 11.1 Å². The first-order chi connectivity index (χ1) is 16.0. The first-order valence-corrected chi connectivity index (χ1v) is 13.2. The summed E-state index contributed by atoms with van der Waals surface area (Å²) in [5.41, 5.74) is 4.52. The summed E-state index contributed by atoms with van der Waals surface area (Å²) in [6.07, 6.45) is 11.9. The highest BCUT2D eigenvalue weighted by atomic mass is 79.9. The van der Waals surface area contributed by atoms with Crippen molar-refractivity contribution < 1.29 is 4.74 Å². The molecule has 0 saturated heterocycles. The molecule has 3 aliphatic carbocycles. The lowest BCUT2D eigenvalue weighted by molar-refractivity contribution is 0.0319. The third kappa shape index (κ3) is 4.43. The van der Waals surface area contributed by atoms with E-state index in [9.17, 15) is 10.5 Å². The second-order valence-corrected chi connectivity index (χ2v) is 10.9. The van der Waals surface area contributed by atoms with Crippen molar-refractivity contribution in [1.29, 1.82) is 10.5 Å². The van der Waals surface area contributed by atoms with Gasteiger partial charge >= 0.3 is 0 Å². The number of hydrogen-bond acceptors (Lipinski definition) is 3. The molecule has 2 bridgehead atoms. The van der Waals surface area contributed by atoms with Crippen molar-refractivity contribution in [1.82, 2.24) is 0 Å². The van der Waals surface area contributed by atoms with E-state index in [-0.39, 0.29) is 5.41 Å². The predicted molar refractivity (Wildman–Crippen MR) is 136 cm³/mol. The van der Waals surface area contributed by atoms with Crippen LogP contribution < -0.4 is 4.74 Å². The number of nitrogens with zero attached hydrogens (tertiary/aromatic N) is 2. The van der Waals surface area contributed by atoms with Gasteiger partial charge in [-0.1, -0.05) is 44.9 Å². The van der Waals surface area contributed by atoms with Gasteiger partial charge in [-0.15, -0.1) is 0 Å². The van der Waals surface area contributed by atoms with Crippen molar-refractivity contribution in [3.8, 4) is 29.0 Å². The van der Waals surface area contributed by atoms with Gasteiger partial charge < -0.3 is 4.74 Å². The van der Waals surface area contributed by atoms with Gasteiger partial charge in [0.1, 0.15) is 17.9 Å². The Bertz CT molecular complexity index is 1080. The average molecular weight is 506 g/mol. The van der Waals surface area contributed by atoms with Gasteiger partial charge in [0.05, 0.1) is 22.2 Å². The maximum absolute atomic E-state index is 10.2. The van der Waals surface area contributed by atoms with E-state index < -0.39 is 0 Å². The van der Waals surface area contributed by atoms with E-state index in [1.807, 2.05) is 18.2 Å². The molecule has 0 spiro atoms. The SMILES string of the molecule is CCCCOc1ccc(-c2ccc(C34CCC(CCC)(CC3)CC4)c(C#N)c2C#N)cc1Br. The van der Waals surface area contributed by atoms with Crippen molar-refractivity contribution in [2.24, 2.45) is 5.41 Å². The van der Waals surface area contributed by atoms with Crippen LogP contribution >= 0.6 is 15.9 Å². The quantitative estimate of drug-likeness (QED) is 0.338. The first-order valence-electron chi connectivity index (χ1n) is 12.4. The molecular weight excluding hydrogens is 472 g/mol. The van der Waals surface area contributed by atoms with Crippen LogP contribution in [0.2, 0.25) is 0 Å². The summed E-state index contributed by atoms with van der Waals surface area (Å²) in [5, 5.41) is 20.3. The fourth-order valence-corrected chi connectivity index (χ4v) is 6.70. The zero-order chi connectivity index (χ0) is 23.5. The summed E-state index contributed by atoms with van der Waals surface area (Å²) in [4.78, 5) is 0. The molecule has 0 aromatic heterocycles. The molecule has 0 radical (unpaired) electrons. The number of unbranched alkanes of at least 4 members (excludes halogenated alkanes) is 1. The third-order valence-electron chi connectivity index (χ3n) is 8.18. The maximum atomic E-state index is 10.2. The Kier molecular flexibility index (Phi) is 7.16. The van der Waals surface area contributed by atoms with Crippen molar-refractivity contribution >= 4 is 15.9 Å². The molecule has 0 heterocycles. The third-order valence-corrected chi connectivity index (χ3v) is 8.80. The number of nitriles is 2. The van der Waals surface area contributed by atoms with Gasteiger partial charge in [-0.25, -0.2) is 0 Å². The summed E-state index contributed by atoms with van der Waals surface area (Å²) < 4.78 is 6.73. The van der Waals surface area contributed by atoms with Gasteiger partial charge in [0, 0.05) is 5.56 Å². The molecule has 0 atom stereocenters. The van der Waals surface area contributed by atoms with Gasteiger partial charge in [0.25, 0.3) is 0 Å². The summed E-state index contributed by atoms with van der Waals surface area (Å²) >= 11 is 3.63. The molecule has 0 aliphatic heterocycles. The Morgan fingerprint density at radius 3 is 2.18 bits per heavy atom. The van der Waals surface area contributed by atoms with Crippen LogP contribution in [0, 0.1) is 28.1 Å². The van der Waals surface area contributed by atoms with E-state index in [0.29, 0.717) is 23.1 Å². The molecule has 0 unspecified atom stereocenters. The number of rotatable bonds is 8. The fourth-order valence-electron chi connectivity index (χ4n) is 6.20. The van der Waals surface area contributed by atoms with Gasteiger partial charge in [0.15, 0.2) is 0 Å². The van der Waals surface area contributed by atoms with E-state index in [0.717, 1.165) is 59.0 Å². The fraction of sp³-hybridized carbons (Fsp3) is 0.517. The highest BCUT2D eigenvalue weighted by Crippen LogP contribution is 2.60. The largest absolute Gasteiger partial charge is 0.492 e. The van der Waals surface area contributed by atoms with Crippen molar-refractivity contribution in [2.45, 2.75) is 83.5 Å². The van der Waals surface area contributed by atoms with Gasteiger partial charge in [-0.05, 0) is 101 Å². The lowest BCUT2D eigenvalue weighted by Gasteiger charge is -2.54. The van der Waals surface area contributed by atoms with Crippen LogP contribution in [0.5, 0.6) is 5.75 Å². The van der Waals surface area contributed by atoms with Crippen LogP contribution in [0.4, 0.5) is 0 Å². The number of hydrogen-bond donors (Lipinski definition) is 0. The molecular formula is C29H33BrN2O. The van der Waals surface area contributed by atoms with E-state index in [4.69, 9.17) is 4.74 Å². The van der Waals surface area contributed by atoms with E-state index >= 15 is 0 Å². The Balaban J connectivity index is 1.68. The Labute approximate surface area is 206 Å². The van der Waals surface area contributed by atoms with Crippen molar-refractivity contribution in [2.75, 3.05) is 6.61 Å². The van der Waals surface area contributed by atoms with Crippen LogP contribution in [0.3, 0.4) is 0 Å². The van der Waals surface area contributed by atoms with Crippen LogP contribution in [0.15, 0.2) is 34.8 Å².